The molecule has 5 heteroatoms. The summed E-state index contributed by atoms with van der Waals surface area (Å²) in [6.45, 7) is 4.15. The van der Waals surface area contributed by atoms with Gasteiger partial charge in [-0.2, -0.15) is 0 Å². The van der Waals surface area contributed by atoms with Crippen molar-refractivity contribution in [2.45, 2.75) is 32.4 Å². The summed E-state index contributed by atoms with van der Waals surface area (Å²) in [7, 11) is -0.884. The first kappa shape index (κ1) is 21.2. The van der Waals surface area contributed by atoms with E-state index < -0.39 is 9.21 Å². The van der Waals surface area contributed by atoms with Gasteiger partial charge in [-0.15, -0.1) is 0 Å². The van der Waals surface area contributed by atoms with Crippen molar-refractivity contribution in [1.29, 1.82) is 0 Å². The molecule has 0 amide bonds. The lowest BCUT2D eigenvalue weighted by Crippen LogP contribution is -2.39. The molecule has 2 aliphatic rings. The van der Waals surface area contributed by atoms with Crippen molar-refractivity contribution in [2.24, 2.45) is 0 Å². The van der Waals surface area contributed by atoms with Crippen molar-refractivity contribution in [3.8, 4) is 11.3 Å². The molecule has 166 valence electrons. The summed E-state index contributed by atoms with van der Waals surface area (Å²) in [5, 5.41) is 3.64. The van der Waals surface area contributed by atoms with E-state index in [1.807, 2.05) is 0 Å². The average Bonchev–Trinajstić information content (AvgIpc) is 3.15. The van der Waals surface area contributed by atoms with Gasteiger partial charge >= 0.3 is 0 Å². The van der Waals surface area contributed by atoms with Crippen LogP contribution in [0, 0.1) is 12.7 Å². The molecule has 1 unspecified atom stereocenters. The van der Waals surface area contributed by atoms with E-state index in [0.717, 1.165) is 42.0 Å². The maximum atomic E-state index is 13.3. The molecule has 5 rings (SSSR count). The molecule has 2 aromatic carbocycles. The van der Waals surface area contributed by atoms with E-state index in [-0.39, 0.29) is 5.82 Å². The number of nitrogens with one attached hydrogen (secondary N) is 1. The van der Waals surface area contributed by atoms with E-state index in [4.69, 9.17) is 0 Å². The molecule has 0 saturated carbocycles. The number of fused-ring (bicyclic) bond motifs is 1. The summed E-state index contributed by atoms with van der Waals surface area (Å²) in [4.78, 5) is 6.91. The molecule has 1 aromatic heterocycles. The number of rotatable bonds is 4. The average molecular weight is 448 g/mol. The van der Waals surface area contributed by atoms with Crippen LogP contribution in [0.5, 0.6) is 0 Å². The van der Waals surface area contributed by atoms with Crippen molar-refractivity contribution in [3.63, 3.8) is 0 Å². The minimum absolute atomic E-state index is 0.319. The van der Waals surface area contributed by atoms with E-state index in [1.54, 1.807) is 6.07 Å². The molecular weight excluding hydrogens is 417 g/mol. The Balaban J connectivity index is 1.38. The number of anilines is 2. The normalized spacial score (nSPS) is 20.1. The highest BCUT2D eigenvalue weighted by Crippen LogP contribution is 2.37. The predicted octanol–water partition coefficient (Wildman–Crippen LogP) is 5.74. The van der Waals surface area contributed by atoms with Gasteiger partial charge in [-0.05, 0) is 78.3 Å². The molecule has 1 saturated heterocycles. The van der Waals surface area contributed by atoms with Gasteiger partial charge < -0.3 is 5.32 Å². The van der Waals surface area contributed by atoms with Gasteiger partial charge in [0.25, 0.3) is 0 Å². The number of aromatic nitrogens is 1. The minimum atomic E-state index is -0.884. The van der Waals surface area contributed by atoms with E-state index >= 15 is 0 Å². The highest BCUT2D eigenvalue weighted by molar-refractivity contribution is 8.27. The van der Waals surface area contributed by atoms with E-state index in [9.17, 15) is 4.39 Å². The van der Waals surface area contributed by atoms with Crippen LogP contribution < -0.4 is 5.32 Å². The molecule has 2 aliphatic heterocycles. The van der Waals surface area contributed by atoms with Crippen LogP contribution in [0.25, 0.3) is 11.3 Å². The van der Waals surface area contributed by atoms with Gasteiger partial charge in [0.05, 0.1) is 11.9 Å². The fraction of sp³-hybridized carbons (Fsp3) is 0.296. The first-order valence-electron chi connectivity index (χ1n) is 11.2. The van der Waals surface area contributed by atoms with Gasteiger partial charge in [-0.25, -0.2) is 13.6 Å². The fourth-order valence-electron chi connectivity index (χ4n) is 4.98. The van der Waals surface area contributed by atoms with E-state index in [0.29, 0.717) is 6.04 Å². The summed E-state index contributed by atoms with van der Waals surface area (Å²) in [6, 6.07) is 16.7. The van der Waals surface area contributed by atoms with Crippen molar-refractivity contribution in [1.82, 2.24) is 9.88 Å². The largest absolute Gasteiger partial charge is 0.355 e. The number of halogens is 1. The smallest absolute Gasteiger partial charge is 0.141 e. The fourth-order valence-corrected chi connectivity index (χ4v) is 7.11. The number of pyridine rings is 1. The van der Waals surface area contributed by atoms with Crippen molar-refractivity contribution in [3.05, 3.63) is 77.2 Å². The van der Waals surface area contributed by atoms with Crippen LogP contribution >= 0.6 is 9.21 Å². The minimum Gasteiger partial charge on any atom is -0.355 e. The number of hydrogen-bond acceptors (Lipinski definition) is 3. The third-order valence-electron chi connectivity index (χ3n) is 6.76. The van der Waals surface area contributed by atoms with Crippen LogP contribution in [0.2, 0.25) is 0 Å². The zero-order valence-corrected chi connectivity index (χ0v) is 19.4. The molecule has 0 bridgehead atoms. The summed E-state index contributed by atoms with van der Waals surface area (Å²) >= 11 is 0. The molecule has 1 atom stereocenters. The van der Waals surface area contributed by atoms with E-state index in [2.05, 4.69) is 70.3 Å². The second kappa shape index (κ2) is 8.38. The Labute approximate surface area is 190 Å². The highest BCUT2D eigenvalue weighted by Gasteiger charge is 2.29. The number of hydrogen-bond donors (Lipinski definition) is 1. The summed E-state index contributed by atoms with van der Waals surface area (Å²) in [5.74, 6) is 10.8. The number of benzene rings is 2. The SMILES string of the molecule is C=S1(=C)CCC(N2CCc3c(cccc3Nc3ccc(C)c(-c4ccc(F)cn4)c3)C2)C1. The maximum absolute atomic E-state index is 13.3. The molecular formula is C27H30FN3S. The summed E-state index contributed by atoms with van der Waals surface area (Å²) in [5.41, 5.74) is 7.92. The molecule has 3 nitrogen and oxygen atoms in total. The Kier molecular flexibility index (Phi) is 5.56. The quantitative estimate of drug-likeness (QED) is 0.517. The molecule has 3 aromatic rings. The van der Waals surface area contributed by atoms with Gasteiger partial charge in [0.1, 0.15) is 5.82 Å². The van der Waals surface area contributed by atoms with Crippen LogP contribution in [0.4, 0.5) is 15.8 Å². The Morgan fingerprint density at radius 3 is 2.78 bits per heavy atom. The predicted molar refractivity (Wildman–Crippen MR) is 138 cm³/mol. The second-order valence-corrected chi connectivity index (χ2v) is 12.4. The van der Waals surface area contributed by atoms with Gasteiger partial charge in [-0.3, -0.25) is 9.88 Å². The zero-order chi connectivity index (χ0) is 22.3. The van der Waals surface area contributed by atoms with Crippen LogP contribution in [-0.4, -0.2) is 45.7 Å². The molecule has 3 heterocycles. The molecule has 0 radical (unpaired) electrons. The van der Waals surface area contributed by atoms with Crippen molar-refractivity contribution < 1.29 is 4.39 Å². The Morgan fingerprint density at radius 2 is 2.03 bits per heavy atom. The van der Waals surface area contributed by atoms with Crippen LogP contribution in [-0.2, 0) is 13.0 Å². The number of nitrogens with zero attached hydrogens (tertiary/aromatic N) is 2. The first-order chi connectivity index (χ1) is 15.4. The maximum Gasteiger partial charge on any atom is 0.141 e. The highest BCUT2D eigenvalue weighted by atomic mass is 32.2. The van der Waals surface area contributed by atoms with Gasteiger partial charge in [0, 0.05) is 36.1 Å². The molecule has 0 aliphatic carbocycles. The second-order valence-electron chi connectivity index (χ2n) is 9.22. The topological polar surface area (TPSA) is 28.2 Å². The van der Waals surface area contributed by atoms with Gasteiger partial charge in [0.15, 0.2) is 0 Å². The lowest BCUT2D eigenvalue weighted by molar-refractivity contribution is 0.195. The van der Waals surface area contributed by atoms with Gasteiger partial charge in [-0.1, -0.05) is 29.9 Å². The first-order valence-corrected chi connectivity index (χ1v) is 13.5. The van der Waals surface area contributed by atoms with Gasteiger partial charge in [0.2, 0.25) is 0 Å². The molecule has 32 heavy (non-hydrogen) atoms. The Hall–Kier alpha value is -2.63. The van der Waals surface area contributed by atoms with E-state index in [1.165, 1.54) is 47.0 Å². The van der Waals surface area contributed by atoms with Crippen LogP contribution in [0.1, 0.15) is 23.1 Å². The molecule has 1 N–H and O–H groups in total. The van der Waals surface area contributed by atoms with Crippen LogP contribution in [0.3, 0.4) is 0 Å². The van der Waals surface area contributed by atoms with Crippen molar-refractivity contribution in [2.75, 3.05) is 23.4 Å². The van der Waals surface area contributed by atoms with Crippen molar-refractivity contribution >= 4 is 32.3 Å². The standard InChI is InChI=1S/C27H30FN3S/c1-19-7-9-22(15-25(19)26-10-8-21(28)16-29-26)30-27-6-4-5-20-17-31(13-11-24(20)27)23-12-14-32(2,3)18-23/h4-10,15-16,23,30H,2-3,11-14,17-18H2,1H3. The lowest BCUT2D eigenvalue weighted by Gasteiger charge is -2.34. The zero-order valence-electron chi connectivity index (χ0n) is 18.6. The summed E-state index contributed by atoms with van der Waals surface area (Å²) < 4.78 is 13.3. The molecule has 0 spiro atoms. The Bertz CT molecular complexity index is 1250. The summed E-state index contributed by atoms with van der Waals surface area (Å²) in [6.07, 6.45) is 3.55. The number of aryl methyl sites for hydroxylation is 1. The third-order valence-corrected chi connectivity index (χ3v) is 8.96. The van der Waals surface area contributed by atoms with Crippen LogP contribution in [0.15, 0.2) is 54.7 Å². The molecule has 1 fully saturated rings. The lowest BCUT2D eigenvalue weighted by atomic mass is 9.96. The monoisotopic (exact) mass is 447 g/mol. The third kappa shape index (κ3) is 4.32. The Morgan fingerprint density at radius 1 is 1.16 bits per heavy atom.